The maximum atomic E-state index is 11.5. The summed E-state index contributed by atoms with van der Waals surface area (Å²) in [6.07, 6.45) is 0.933. The summed E-state index contributed by atoms with van der Waals surface area (Å²) in [6.45, 7) is 0. The van der Waals surface area contributed by atoms with Crippen molar-refractivity contribution in [3.05, 3.63) is 119 Å². The van der Waals surface area contributed by atoms with Crippen LogP contribution in [0.1, 0.15) is 32.6 Å². The normalized spacial score (nSPS) is 13.0. The standard InChI is InChI=1S/C27H16O/c28-16-17-13-14-21-20-9-3-6-12-24(20)27(25(21)15-17)26-22-10-4-1-7-18(22)19-8-2-5-11-23(19)26/h1-16H. The first-order valence-electron chi connectivity index (χ1n) is 9.49. The minimum absolute atomic E-state index is 0.712. The summed E-state index contributed by atoms with van der Waals surface area (Å²) in [7, 11) is 0. The summed E-state index contributed by atoms with van der Waals surface area (Å²) in [5.41, 5.74) is 13.1. The van der Waals surface area contributed by atoms with Crippen LogP contribution < -0.4 is 0 Å². The minimum atomic E-state index is 0.712. The summed E-state index contributed by atoms with van der Waals surface area (Å²) >= 11 is 0. The summed E-state index contributed by atoms with van der Waals surface area (Å²) in [5.74, 6) is 0. The second-order valence-corrected chi connectivity index (χ2v) is 7.31. The van der Waals surface area contributed by atoms with Gasteiger partial charge in [-0.3, -0.25) is 4.79 Å². The molecule has 0 fully saturated rings. The highest BCUT2D eigenvalue weighted by molar-refractivity contribution is 6.19. The fourth-order valence-corrected chi connectivity index (χ4v) is 4.71. The Morgan fingerprint density at radius 3 is 1.29 bits per heavy atom. The molecule has 0 atom stereocenters. The van der Waals surface area contributed by atoms with Crippen LogP contribution in [0.4, 0.5) is 0 Å². The first-order chi connectivity index (χ1) is 13.9. The molecule has 0 unspecified atom stereocenters. The van der Waals surface area contributed by atoms with Gasteiger partial charge in [0, 0.05) is 5.56 Å². The van der Waals surface area contributed by atoms with Gasteiger partial charge in [0.2, 0.25) is 0 Å². The third-order valence-corrected chi connectivity index (χ3v) is 5.87. The molecule has 0 N–H and O–H groups in total. The zero-order chi connectivity index (χ0) is 18.7. The summed E-state index contributed by atoms with van der Waals surface area (Å²) in [4.78, 5) is 11.5. The Labute approximate surface area is 163 Å². The molecule has 2 aliphatic rings. The lowest BCUT2D eigenvalue weighted by Gasteiger charge is -2.11. The molecule has 1 heteroatoms. The largest absolute Gasteiger partial charge is 0.298 e. The molecule has 0 saturated carbocycles. The molecule has 4 aromatic carbocycles. The van der Waals surface area contributed by atoms with Crippen LogP contribution >= 0.6 is 0 Å². The molecule has 0 aliphatic heterocycles. The highest BCUT2D eigenvalue weighted by Gasteiger charge is 2.31. The summed E-state index contributed by atoms with van der Waals surface area (Å²) < 4.78 is 0. The number of rotatable bonds is 1. The molecule has 0 amide bonds. The molecule has 130 valence electrons. The molecule has 0 spiro atoms. The van der Waals surface area contributed by atoms with Gasteiger partial charge < -0.3 is 0 Å². The molecule has 0 radical (unpaired) electrons. The van der Waals surface area contributed by atoms with E-state index in [-0.39, 0.29) is 0 Å². The topological polar surface area (TPSA) is 17.1 Å². The molecular formula is C27H16O. The van der Waals surface area contributed by atoms with Gasteiger partial charge in [0.25, 0.3) is 0 Å². The molecule has 4 aromatic rings. The Morgan fingerprint density at radius 1 is 0.429 bits per heavy atom. The number of hydrogen-bond acceptors (Lipinski definition) is 1. The van der Waals surface area contributed by atoms with Crippen LogP contribution in [0, 0.1) is 0 Å². The van der Waals surface area contributed by atoms with E-state index >= 15 is 0 Å². The van der Waals surface area contributed by atoms with Gasteiger partial charge in [0.1, 0.15) is 6.29 Å². The lowest BCUT2D eigenvalue weighted by atomic mass is 9.91. The van der Waals surface area contributed by atoms with Gasteiger partial charge in [-0.15, -0.1) is 0 Å². The van der Waals surface area contributed by atoms with Gasteiger partial charge in [-0.2, -0.15) is 0 Å². The SMILES string of the molecule is O=Cc1ccc2c(c1)C(=C1c3ccccc3-c3ccccc31)c1ccccc1-2. The maximum absolute atomic E-state index is 11.5. The van der Waals surface area contributed by atoms with Crippen molar-refractivity contribution in [1.29, 1.82) is 0 Å². The molecule has 2 aliphatic carbocycles. The zero-order valence-electron chi connectivity index (χ0n) is 15.1. The monoisotopic (exact) mass is 356 g/mol. The Balaban J connectivity index is 1.81. The van der Waals surface area contributed by atoms with Gasteiger partial charge in [-0.25, -0.2) is 0 Å². The van der Waals surface area contributed by atoms with Gasteiger partial charge in [-0.1, -0.05) is 84.9 Å². The van der Waals surface area contributed by atoms with Crippen molar-refractivity contribution in [1.82, 2.24) is 0 Å². The summed E-state index contributed by atoms with van der Waals surface area (Å²) in [6, 6.07) is 31.8. The Kier molecular flexibility index (Phi) is 3.09. The van der Waals surface area contributed by atoms with Crippen LogP contribution in [-0.4, -0.2) is 6.29 Å². The van der Waals surface area contributed by atoms with Crippen LogP contribution in [0.5, 0.6) is 0 Å². The molecule has 0 saturated heterocycles. The van der Waals surface area contributed by atoms with Crippen molar-refractivity contribution >= 4 is 17.4 Å². The highest BCUT2D eigenvalue weighted by atomic mass is 16.1. The molecule has 0 heterocycles. The molecule has 1 nitrogen and oxygen atoms in total. The second-order valence-electron chi connectivity index (χ2n) is 7.31. The van der Waals surface area contributed by atoms with E-state index in [1.54, 1.807) is 0 Å². The minimum Gasteiger partial charge on any atom is -0.298 e. The van der Waals surface area contributed by atoms with E-state index < -0.39 is 0 Å². The first kappa shape index (κ1) is 15.4. The Hall–Kier alpha value is -3.71. The van der Waals surface area contributed by atoms with E-state index in [0.717, 1.165) is 11.8 Å². The number of fused-ring (bicyclic) bond motifs is 6. The molecule has 0 bridgehead atoms. The average molecular weight is 356 g/mol. The second kappa shape index (κ2) is 5.64. The molecule has 0 aromatic heterocycles. The Bertz CT molecular complexity index is 1280. The fraction of sp³-hybridized carbons (Fsp3) is 0. The van der Waals surface area contributed by atoms with Crippen molar-refractivity contribution in [3.8, 4) is 22.3 Å². The average Bonchev–Trinajstić information content (AvgIpc) is 3.26. The number of carbonyl (C=O) groups is 1. The quantitative estimate of drug-likeness (QED) is 0.309. The van der Waals surface area contributed by atoms with E-state index in [1.165, 1.54) is 50.1 Å². The number of benzene rings is 4. The summed E-state index contributed by atoms with van der Waals surface area (Å²) in [5, 5.41) is 0. The van der Waals surface area contributed by atoms with E-state index in [4.69, 9.17) is 0 Å². The maximum Gasteiger partial charge on any atom is 0.150 e. The molecule has 28 heavy (non-hydrogen) atoms. The first-order valence-corrected chi connectivity index (χ1v) is 9.49. The smallest absolute Gasteiger partial charge is 0.150 e. The van der Waals surface area contributed by atoms with E-state index in [0.29, 0.717) is 5.56 Å². The third-order valence-electron chi connectivity index (χ3n) is 5.87. The van der Waals surface area contributed by atoms with E-state index in [2.05, 4.69) is 78.9 Å². The lowest BCUT2D eigenvalue weighted by molar-refractivity contribution is 0.112. The van der Waals surface area contributed by atoms with Gasteiger partial charge >= 0.3 is 0 Å². The molecule has 6 rings (SSSR count). The number of aldehydes is 1. The van der Waals surface area contributed by atoms with E-state index in [9.17, 15) is 4.79 Å². The highest BCUT2D eigenvalue weighted by Crippen LogP contribution is 2.53. The number of hydrogen-bond donors (Lipinski definition) is 0. The van der Waals surface area contributed by atoms with Gasteiger partial charge in [0.15, 0.2) is 0 Å². The van der Waals surface area contributed by atoms with Crippen molar-refractivity contribution in [2.24, 2.45) is 0 Å². The van der Waals surface area contributed by atoms with Crippen LogP contribution in [0.15, 0.2) is 91.0 Å². The van der Waals surface area contributed by atoms with Gasteiger partial charge in [-0.05, 0) is 61.7 Å². The predicted molar refractivity (Wildman–Crippen MR) is 114 cm³/mol. The van der Waals surface area contributed by atoms with Crippen LogP contribution in [-0.2, 0) is 0 Å². The van der Waals surface area contributed by atoms with Crippen LogP contribution in [0.2, 0.25) is 0 Å². The van der Waals surface area contributed by atoms with E-state index in [1.807, 2.05) is 12.1 Å². The third kappa shape index (κ3) is 1.93. The van der Waals surface area contributed by atoms with Crippen molar-refractivity contribution < 1.29 is 4.79 Å². The Morgan fingerprint density at radius 2 is 0.821 bits per heavy atom. The predicted octanol–water partition coefficient (Wildman–Crippen LogP) is 6.47. The van der Waals surface area contributed by atoms with Crippen molar-refractivity contribution in [3.63, 3.8) is 0 Å². The number of carbonyl (C=O) groups excluding carboxylic acids is 1. The molecular weight excluding hydrogens is 340 g/mol. The zero-order valence-corrected chi connectivity index (χ0v) is 15.1. The van der Waals surface area contributed by atoms with Crippen LogP contribution in [0.25, 0.3) is 33.4 Å². The lowest BCUT2D eigenvalue weighted by Crippen LogP contribution is -1.91. The van der Waals surface area contributed by atoms with Gasteiger partial charge in [0.05, 0.1) is 0 Å². The van der Waals surface area contributed by atoms with Crippen molar-refractivity contribution in [2.45, 2.75) is 0 Å². The van der Waals surface area contributed by atoms with Crippen molar-refractivity contribution in [2.75, 3.05) is 0 Å². The van der Waals surface area contributed by atoms with Crippen LogP contribution in [0.3, 0.4) is 0 Å². The fourth-order valence-electron chi connectivity index (χ4n) is 4.71.